The van der Waals surface area contributed by atoms with E-state index in [9.17, 15) is 4.79 Å². The smallest absolute Gasteiger partial charge is 0.305 e. The number of para-hydroxylation sites is 1. The summed E-state index contributed by atoms with van der Waals surface area (Å²) in [4.78, 5) is 19.8. The van der Waals surface area contributed by atoms with Gasteiger partial charge in [-0.15, -0.1) is 0 Å². The lowest BCUT2D eigenvalue weighted by Gasteiger charge is -2.32. The minimum atomic E-state index is 0.00317. The number of nitrogens with zero attached hydrogens (tertiary/aromatic N) is 3. The standard InChI is InChI=1S/C15H22N4O/c1-12-4-3-5-13-14(12)16-15(20)19(13)11-10-18-8-6-17(2)7-9-18/h3-5H,6-11H2,1-2H3,(H,16,20). The summed E-state index contributed by atoms with van der Waals surface area (Å²) in [5, 5.41) is 0. The molecule has 1 aromatic carbocycles. The number of hydrogen-bond donors (Lipinski definition) is 1. The third-order valence-electron chi connectivity index (χ3n) is 4.25. The van der Waals surface area contributed by atoms with Crippen LogP contribution in [0, 0.1) is 6.92 Å². The average molecular weight is 274 g/mol. The van der Waals surface area contributed by atoms with Gasteiger partial charge < -0.3 is 9.88 Å². The zero-order valence-corrected chi connectivity index (χ0v) is 12.2. The van der Waals surface area contributed by atoms with Gasteiger partial charge in [0.25, 0.3) is 0 Å². The molecule has 1 N–H and O–H groups in total. The van der Waals surface area contributed by atoms with E-state index in [1.165, 1.54) is 0 Å². The highest BCUT2D eigenvalue weighted by atomic mass is 16.1. The number of hydrogen-bond acceptors (Lipinski definition) is 3. The third kappa shape index (κ3) is 2.51. The summed E-state index contributed by atoms with van der Waals surface area (Å²) in [5.74, 6) is 0. The van der Waals surface area contributed by atoms with Crippen LogP contribution in [0.5, 0.6) is 0 Å². The zero-order valence-electron chi connectivity index (χ0n) is 12.2. The number of imidazole rings is 1. The molecule has 1 fully saturated rings. The first kappa shape index (κ1) is 13.4. The number of rotatable bonds is 3. The van der Waals surface area contributed by atoms with Gasteiger partial charge in [-0.05, 0) is 25.6 Å². The Hall–Kier alpha value is -1.59. The summed E-state index contributed by atoms with van der Waals surface area (Å²) >= 11 is 0. The van der Waals surface area contributed by atoms with Crippen LogP contribution in [-0.2, 0) is 6.54 Å². The van der Waals surface area contributed by atoms with Crippen LogP contribution in [0.1, 0.15) is 5.56 Å². The monoisotopic (exact) mass is 274 g/mol. The lowest BCUT2D eigenvalue weighted by atomic mass is 10.2. The molecule has 0 bridgehead atoms. The number of aromatic amines is 1. The molecule has 0 unspecified atom stereocenters. The highest BCUT2D eigenvalue weighted by Gasteiger charge is 2.14. The molecule has 0 radical (unpaired) electrons. The molecule has 3 rings (SSSR count). The summed E-state index contributed by atoms with van der Waals surface area (Å²) in [7, 11) is 2.16. The molecule has 108 valence electrons. The van der Waals surface area contributed by atoms with Gasteiger partial charge in [-0.3, -0.25) is 9.47 Å². The van der Waals surface area contributed by atoms with Gasteiger partial charge in [0.1, 0.15) is 0 Å². The van der Waals surface area contributed by atoms with Crippen LogP contribution in [0.25, 0.3) is 11.0 Å². The molecule has 1 aliphatic rings. The number of fused-ring (bicyclic) bond motifs is 1. The van der Waals surface area contributed by atoms with Crippen molar-refractivity contribution in [2.75, 3.05) is 39.8 Å². The van der Waals surface area contributed by atoms with E-state index in [0.29, 0.717) is 0 Å². The van der Waals surface area contributed by atoms with Gasteiger partial charge in [-0.1, -0.05) is 12.1 Å². The van der Waals surface area contributed by atoms with Crippen LogP contribution in [0.15, 0.2) is 23.0 Å². The van der Waals surface area contributed by atoms with E-state index < -0.39 is 0 Å². The van der Waals surface area contributed by atoms with Crippen molar-refractivity contribution in [3.05, 3.63) is 34.2 Å². The third-order valence-corrected chi connectivity index (χ3v) is 4.25. The zero-order chi connectivity index (χ0) is 14.1. The van der Waals surface area contributed by atoms with E-state index in [1.807, 2.05) is 29.7 Å². The van der Waals surface area contributed by atoms with Crippen molar-refractivity contribution in [1.82, 2.24) is 19.4 Å². The Morgan fingerprint density at radius 3 is 2.65 bits per heavy atom. The van der Waals surface area contributed by atoms with Crippen molar-refractivity contribution in [2.24, 2.45) is 0 Å². The molecular formula is C15H22N4O. The molecule has 5 heteroatoms. The van der Waals surface area contributed by atoms with Crippen LogP contribution in [-0.4, -0.2) is 59.1 Å². The molecule has 0 aliphatic carbocycles. The highest BCUT2D eigenvalue weighted by molar-refractivity contribution is 5.78. The Balaban J connectivity index is 1.76. The minimum absolute atomic E-state index is 0.00317. The number of aromatic nitrogens is 2. The van der Waals surface area contributed by atoms with Crippen LogP contribution in [0.2, 0.25) is 0 Å². The minimum Gasteiger partial charge on any atom is -0.305 e. The molecule has 2 heterocycles. The Morgan fingerprint density at radius 2 is 1.90 bits per heavy atom. The summed E-state index contributed by atoms with van der Waals surface area (Å²) in [6.45, 7) is 8.13. The summed E-state index contributed by atoms with van der Waals surface area (Å²) in [6.07, 6.45) is 0. The molecule has 2 aromatic rings. The fraction of sp³-hybridized carbons (Fsp3) is 0.533. The number of likely N-dealkylation sites (N-methyl/N-ethyl adjacent to an activating group) is 1. The first-order valence-electron chi connectivity index (χ1n) is 7.24. The van der Waals surface area contributed by atoms with E-state index in [4.69, 9.17) is 0 Å². The molecule has 1 aromatic heterocycles. The number of H-pyrrole nitrogens is 1. The van der Waals surface area contributed by atoms with E-state index in [2.05, 4.69) is 21.8 Å². The Bertz CT molecular complexity index is 649. The second kappa shape index (κ2) is 5.42. The van der Waals surface area contributed by atoms with Crippen LogP contribution >= 0.6 is 0 Å². The highest BCUT2D eigenvalue weighted by Crippen LogP contribution is 2.14. The van der Waals surface area contributed by atoms with Gasteiger partial charge in [0, 0.05) is 39.3 Å². The fourth-order valence-electron chi connectivity index (χ4n) is 2.86. The SMILES string of the molecule is Cc1cccc2c1[nH]c(=O)n2CCN1CCN(C)CC1. The Kier molecular flexibility index (Phi) is 3.63. The largest absolute Gasteiger partial charge is 0.326 e. The van der Waals surface area contributed by atoms with Crippen LogP contribution in [0.3, 0.4) is 0 Å². The maximum absolute atomic E-state index is 12.1. The number of nitrogens with one attached hydrogen (secondary N) is 1. The molecular weight excluding hydrogens is 252 g/mol. The van der Waals surface area contributed by atoms with E-state index in [1.54, 1.807) is 0 Å². The molecule has 0 amide bonds. The topological polar surface area (TPSA) is 44.3 Å². The molecule has 1 saturated heterocycles. The first-order chi connectivity index (χ1) is 9.65. The van der Waals surface area contributed by atoms with Gasteiger partial charge >= 0.3 is 5.69 Å². The van der Waals surface area contributed by atoms with Crippen molar-refractivity contribution >= 4 is 11.0 Å². The van der Waals surface area contributed by atoms with E-state index >= 15 is 0 Å². The average Bonchev–Trinajstić information content (AvgIpc) is 2.76. The van der Waals surface area contributed by atoms with Crippen molar-refractivity contribution in [1.29, 1.82) is 0 Å². The summed E-state index contributed by atoms with van der Waals surface area (Å²) in [5.41, 5.74) is 3.11. The van der Waals surface area contributed by atoms with Crippen LogP contribution < -0.4 is 5.69 Å². The van der Waals surface area contributed by atoms with Gasteiger partial charge in [0.2, 0.25) is 0 Å². The summed E-state index contributed by atoms with van der Waals surface area (Å²) in [6, 6.07) is 6.06. The number of aryl methyl sites for hydroxylation is 1. The fourth-order valence-corrected chi connectivity index (χ4v) is 2.86. The van der Waals surface area contributed by atoms with E-state index in [0.717, 1.165) is 55.9 Å². The maximum atomic E-state index is 12.1. The molecule has 1 aliphatic heterocycles. The van der Waals surface area contributed by atoms with Crippen molar-refractivity contribution in [2.45, 2.75) is 13.5 Å². The predicted octanol–water partition coefficient (Wildman–Crippen LogP) is 0.885. The summed E-state index contributed by atoms with van der Waals surface area (Å²) < 4.78 is 1.86. The molecule has 0 atom stereocenters. The number of benzene rings is 1. The van der Waals surface area contributed by atoms with E-state index in [-0.39, 0.29) is 5.69 Å². The molecule has 20 heavy (non-hydrogen) atoms. The second-order valence-corrected chi connectivity index (χ2v) is 5.70. The number of piperazine rings is 1. The lowest BCUT2D eigenvalue weighted by molar-refractivity contribution is 0.150. The van der Waals surface area contributed by atoms with Gasteiger partial charge in [-0.25, -0.2) is 4.79 Å². The van der Waals surface area contributed by atoms with Crippen molar-refractivity contribution in [3.8, 4) is 0 Å². The molecule has 0 saturated carbocycles. The quantitative estimate of drug-likeness (QED) is 0.904. The molecule has 0 spiro atoms. The van der Waals surface area contributed by atoms with Gasteiger partial charge in [-0.2, -0.15) is 0 Å². The Labute approximate surface area is 118 Å². The predicted molar refractivity (Wildman–Crippen MR) is 81.2 cm³/mol. The molecule has 5 nitrogen and oxygen atoms in total. The van der Waals surface area contributed by atoms with Crippen molar-refractivity contribution in [3.63, 3.8) is 0 Å². The van der Waals surface area contributed by atoms with Gasteiger partial charge in [0.15, 0.2) is 0 Å². The van der Waals surface area contributed by atoms with Gasteiger partial charge in [0.05, 0.1) is 11.0 Å². The maximum Gasteiger partial charge on any atom is 0.326 e. The second-order valence-electron chi connectivity index (χ2n) is 5.70. The first-order valence-corrected chi connectivity index (χ1v) is 7.24. The van der Waals surface area contributed by atoms with Crippen LogP contribution in [0.4, 0.5) is 0 Å². The van der Waals surface area contributed by atoms with Crippen molar-refractivity contribution < 1.29 is 0 Å². The lowest BCUT2D eigenvalue weighted by Crippen LogP contribution is -2.45. The normalized spacial score (nSPS) is 17.9. The Morgan fingerprint density at radius 1 is 1.15 bits per heavy atom.